The molecule has 0 aromatic heterocycles. The molecule has 38 heavy (non-hydrogen) atoms. The maximum Gasteiger partial charge on any atom is 0.276 e. The van der Waals surface area contributed by atoms with Gasteiger partial charge in [-0.25, -0.2) is 0 Å². The first kappa shape index (κ1) is 29.4. The largest absolute Gasteiger partial charge is 0.483 e. The smallest absolute Gasteiger partial charge is 0.276 e. The van der Waals surface area contributed by atoms with Crippen molar-refractivity contribution in [2.75, 3.05) is 13.2 Å². The summed E-state index contributed by atoms with van der Waals surface area (Å²) in [6.45, 7) is 3.25. The second-order valence-electron chi connectivity index (χ2n) is 9.02. The van der Waals surface area contributed by atoms with Crippen molar-refractivity contribution in [3.63, 3.8) is 0 Å². The van der Waals surface area contributed by atoms with Gasteiger partial charge in [-0.05, 0) is 87.1 Å². The third-order valence-electron chi connectivity index (χ3n) is 6.11. The van der Waals surface area contributed by atoms with E-state index in [0.29, 0.717) is 37.2 Å². The van der Waals surface area contributed by atoms with E-state index in [0.717, 1.165) is 20.1 Å². The highest BCUT2D eigenvalue weighted by Gasteiger charge is 2.30. The highest BCUT2D eigenvalue weighted by atomic mass is 79.9. The van der Waals surface area contributed by atoms with Crippen molar-refractivity contribution >= 4 is 55.5 Å². The molecule has 1 fully saturated rings. The fourth-order valence-corrected chi connectivity index (χ4v) is 4.94. The molecule has 1 aliphatic rings. The number of carbonyl (C=O) groups excluding carboxylic acids is 4. The number of carbonyl (C=O) groups is 4. The number of amides is 4. The molecule has 3 rings (SSSR count). The molecule has 0 spiro atoms. The van der Waals surface area contributed by atoms with Gasteiger partial charge in [0.2, 0.25) is 11.8 Å². The first-order chi connectivity index (χ1) is 18.1. The highest BCUT2D eigenvalue weighted by molar-refractivity contribution is 9.10. The van der Waals surface area contributed by atoms with Crippen LogP contribution < -0.4 is 31.2 Å². The average Bonchev–Trinajstić information content (AvgIpc) is 2.89. The summed E-state index contributed by atoms with van der Waals surface area (Å²) in [5.74, 6) is -1.09. The van der Waals surface area contributed by atoms with Crippen LogP contribution in [-0.4, -0.2) is 36.8 Å². The van der Waals surface area contributed by atoms with Crippen LogP contribution in [-0.2, 0) is 19.2 Å². The average molecular weight is 654 g/mol. The maximum absolute atomic E-state index is 12.4. The van der Waals surface area contributed by atoms with Crippen molar-refractivity contribution < 1.29 is 28.7 Å². The molecule has 2 aromatic carbocycles. The van der Waals surface area contributed by atoms with Crippen molar-refractivity contribution in [1.29, 1.82) is 0 Å². The Morgan fingerprint density at radius 1 is 0.684 bits per heavy atom. The topological polar surface area (TPSA) is 135 Å². The number of hydrogen-bond donors (Lipinski definition) is 4. The van der Waals surface area contributed by atoms with E-state index in [-0.39, 0.29) is 36.9 Å². The van der Waals surface area contributed by atoms with Crippen molar-refractivity contribution in [3.8, 4) is 11.5 Å². The van der Waals surface area contributed by atoms with Crippen molar-refractivity contribution in [1.82, 2.24) is 21.7 Å². The molecule has 204 valence electrons. The van der Waals surface area contributed by atoms with Gasteiger partial charge in [-0.1, -0.05) is 31.9 Å². The predicted molar refractivity (Wildman–Crippen MR) is 147 cm³/mol. The minimum atomic E-state index is -0.483. The lowest BCUT2D eigenvalue weighted by molar-refractivity contribution is -0.135. The van der Waals surface area contributed by atoms with Crippen LogP contribution >= 0.6 is 31.9 Å². The van der Waals surface area contributed by atoms with E-state index < -0.39 is 11.8 Å². The van der Waals surface area contributed by atoms with E-state index in [9.17, 15) is 19.2 Å². The van der Waals surface area contributed by atoms with Gasteiger partial charge in [-0.2, -0.15) is 0 Å². The molecular weight excluding hydrogens is 624 g/mol. The number of nitrogens with one attached hydrogen (secondary N) is 4. The molecule has 1 aliphatic carbocycles. The van der Waals surface area contributed by atoms with Gasteiger partial charge in [0.1, 0.15) is 11.5 Å². The molecular formula is C26H30Br2N4O6. The monoisotopic (exact) mass is 652 g/mol. The molecule has 4 amide bonds. The zero-order valence-corrected chi connectivity index (χ0v) is 24.2. The summed E-state index contributed by atoms with van der Waals surface area (Å²) in [6, 6.07) is 10.9. The lowest BCUT2D eigenvalue weighted by Crippen LogP contribution is -2.48. The Balaban J connectivity index is 1.31. The lowest BCUT2D eigenvalue weighted by Gasteiger charge is -2.27. The predicted octanol–water partition coefficient (Wildman–Crippen LogP) is 3.39. The van der Waals surface area contributed by atoms with Crippen LogP contribution in [0.3, 0.4) is 0 Å². The van der Waals surface area contributed by atoms with Gasteiger partial charge in [-0.15, -0.1) is 0 Å². The third-order valence-corrected chi connectivity index (χ3v) is 7.10. The molecule has 0 atom stereocenters. The number of halogens is 2. The molecule has 0 bridgehead atoms. The minimum Gasteiger partial charge on any atom is -0.483 e. The summed E-state index contributed by atoms with van der Waals surface area (Å²) >= 11 is 6.74. The normalized spacial score (nSPS) is 16.6. The van der Waals surface area contributed by atoms with Crippen molar-refractivity contribution in [2.45, 2.75) is 39.5 Å². The van der Waals surface area contributed by atoms with Crippen LogP contribution in [0.1, 0.15) is 36.8 Å². The zero-order chi connectivity index (χ0) is 27.7. The van der Waals surface area contributed by atoms with Gasteiger partial charge in [0.25, 0.3) is 11.8 Å². The summed E-state index contributed by atoms with van der Waals surface area (Å²) in [7, 11) is 0. The molecule has 0 saturated heterocycles. The Bertz CT molecular complexity index is 1090. The Hall–Kier alpha value is -3.12. The quantitative estimate of drug-likeness (QED) is 0.323. The number of hydrogen-bond acceptors (Lipinski definition) is 6. The molecule has 10 nitrogen and oxygen atoms in total. The number of ether oxygens (including phenoxy) is 2. The van der Waals surface area contributed by atoms with Gasteiger partial charge < -0.3 is 9.47 Å². The third kappa shape index (κ3) is 9.02. The van der Waals surface area contributed by atoms with Crippen LogP contribution in [0.4, 0.5) is 0 Å². The molecule has 0 radical (unpaired) electrons. The standard InChI is InChI=1S/C26H30Br2N4O6/c1-15-11-19(27)7-9-21(15)37-13-23(33)29-31-25(35)17-3-5-18(6-4-17)26(36)32-30-24(34)14-38-22-10-8-20(28)12-16(22)2/h7-12,17-18H,3-6,13-14H2,1-2H3,(H,29,33)(H,30,34)(H,31,35)(H,32,36). The number of hydrazine groups is 2. The fourth-order valence-electron chi connectivity index (χ4n) is 3.99. The highest BCUT2D eigenvalue weighted by Crippen LogP contribution is 2.29. The number of aryl methyl sites for hydroxylation is 2. The van der Waals surface area contributed by atoms with Crippen LogP contribution in [0.2, 0.25) is 0 Å². The molecule has 2 aromatic rings. The van der Waals surface area contributed by atoms with Gasteiger partial charge in [-0.3, -0.25) is 40.9 Å². The first-order valence-corrected chi connectivity index (χ1v) is 13.7. The Morgan fingerprint density at radius 3 is 1.39 bits per heavy atom. The van der Waals surface area contributed by atoms with Crippen LogP contribution in [0.15, 0.2) is 45.3 Å². The summed E-state index contributed by atoms with van der Waals surface area (Å²) in [5.41, 5.74) is 11.3. The first-order valence-electron chi connectivity index (χ1n) is 12.1. The molecule has 0 heterocycles. The van der Waals surface area contributed by atoms with Crippen LogP contribution in [0.25, 0.3) is 0 Å². The summed E-state index contributed by atoms with van der Waals surface area (Å²) in [4.78, 5) is 49.0. The molecule has 1 saturated carbocycles. The van der Waals surface area contributed by atoms with E-state index in [1.165, 1.54) is 0 Å². The van der Waals surface area contributed by atoms with Crippen molar-refractivity contribution in [3.05, 3.63) is 56.5 Å². The molecule has 0 unspecified atom stereocenters. The SMILES string of the molecule is Cc1cc(Br)ccc1OCC(=O)NNC(=O)C1CCC(C(=O)NNC(=O)COc2ccc(Br)cc2C)CC1. The number of benzene rings is 2. The second-order valence-corrected chi connectivity index (χ2v) is 10.9. The maximum atomic E-state index is 12.4. The Kier molecular flexibility index (Phi) is 11.0. The lowest BCUT2D eigenvalue weighted by atomic mass is 9.81. The summed E-state index contributed by atoms with van der Waals surface area (Å²) in [5, 5.41) is 0. The summed E-state index contributed by atoms with van der Waals surface area (Å²) in [6.07, 6.45) is 1.92. The van der Waals surface area contributed by atoms with Crippen LogP contribution in [0, 0.1) is 25.7 Å². The molecule has 4 N–H and O–H groups in total. The van der Waals surface area contributed by atoms with Gasteiger partial charge in [0, 0.05) is 20.8 Å². The Morgan fingerprint density at radius 2 is 1.05 bits per heavy atom. The molecule has 12 heteroatoms. The summed E-state index contributed by atoms with van der Waals surface area (Å²) < 4.78 is 12.8. The van der Waals surface area contributed by atoms with E-state index in [2.05, 4.69) is 53.6 Å². The van der Waals surface area contributed by atoms with Gasteiger partial charge in [0.05, 0.1) is 0 Å². The zero-order valence-electron chi connectivity index (χ0n) is 21.1. The van der Waals surface area contributed by atoms with E-state index >= 15 is 0 Å². The number of rotatable bonds is 8. The van der Waals surface area contributed by atoms with Crippen LogP contribution in [0.5, 0.6) is 11.5 Å². The fraction of sp³-hybridized carbons (Fsp3) is 0.385. The van der Waals surface area contributed by atoms with Gasteiger partial charge in [0.15, 0.2) is 13.2 Å². The van der Waals surface area contributed by atoms with Crippen molar-refractivity contribution in [2.24, 2.45) is 11.8 Å². The van der Waals surface area contributed by atoms with E-state index in [1.807, 2.05) is 38.1 Å². The van der Waals surface area contributed by atoms with Gasteiger partial charge >= 0.3 is 0 Å². The van der Waals surface area contributed by atoms with E-state index in [1.54, 1.807) is 12.1 Å². The minimum absolute atomic E-state index is 0.241. The Labute approximate surface area is 237 Å². The molecule has 0 aliphatic heterocycles. The second kappa shape index (κ2) is 14.1. The van der Waals surface area contributed by atoms with E-state index in [4.69, 9.17) is 9.47 Å².